The molecule has 0 aromatic carbocycles. The SMILES string of the molecule is CCC(C)(C)C1CCC2(CC1)CNCC2C(=O)O. The maximum Gasteiger partial charge on any atom is 0.308 e. The second-order valence-electron chi connectivity index (χ2n) is 7.00. The summed E-state index contributed by atoms with van der Waals surface area (Å²) in [4.78, 5) is 11.4. The summed E-state index contributed by atoms with van der Waals surface area (Å²) in [6, 6.07) is 0. The number of carbonyl (C=O) groups is 1. The standard InChI is InChI=1S/C15H27NO2/c1-4-14(2,3)11-5-7-15(8-6-11)10-16-9-12(15)13(17)18/h11-12,16H,4-10H2,1-3H3,(H,17,18). The third kappa shape index (κ3) is 2.29. The monoisotopic (exact) mass is 253 g/mol. The minimum atomic E-state index is -0.604. The molecule has 2 rings (SSSR count). The van der Waals surface area contributed by atoms with Crippen molar-refractivity contribution in [1.82, 2.24) is 5.32 Å². The Balaban J connectivity index is 2.03. The molecule has 1 aliphatic heterocycles. The second-order valence-corrected chi connectivity index (χ2v) is 7.00. The van der Waals surface area contributed by atoms with E-state index in [0.717, 1.165) is 25.3 Å². The van der Waals surface area contributed by atoms with Crippen LogP contribution in [0.4, 0.5) is 0 Å². The minimum Gasteiger partial charge on any atom is -0.481 e. The number of aliphatic carboxylic acids is 1. The van der Waals surface area contributed by atoms with Gasteiger partial charge in [0.2, 0.25) is 0 Å². The minimum absolute atomic E-state index is 0.0478. The lowest BCUT2D eigenvalue weighted by Gasteiger charge is -2.44. The van der Waals surface area contributed by atoms with Crippen LogP contribution in [0.5, 0.6) is 0 Å². The molecule has 2 fully saturated rings. The highest BCUT2D eigenvalue weighted by Gasteiger charge is 2.49. The maximum absolute atomic E-state index is 11.4. The Morgan fingerprint density at radius 3 is 2.50 bits per heavy atom. The first-order valence-electron chi connectivity index (χ1n) is 7.35. The van der Waals surface area contributed by atoms with Crippen molar-refractivity contribution in [2.75, 3.05) is 13.1 Å². The first-order valence-corrected chi connectivity index (χ1v) is 7.35. The van der Waals surface area contributed by atoms with Gasteiger partial charge in [-0.2, -0.15) is 0 Å². The molecule has 18 heavy (non-hydrogen) atoms. The topological polar surface area (TPSA) is 49.3 Å². The van der Waals surface area contributed by atoms with Crippen LogP contribution in [0.1, 0.15) is 52.9 Å². The van der Waals surface area contributed by atoms with Crippen LogP contribution in [-0.4, -0.2) is 24.2 Å². The zero-order chi connectivity index (χ0) is 13.4. The predicted molar refractivity (Wildman–Crippen MR) is 72.5 cm³/mol. The van der Waals surface area contributed by atoms with Gasteiger partial charge in [0.05, 0.1) is 5.92 Å². The van der Waals surface area contributed by atoms with Gasteiger partial charge in [-0.1, -0.05) is 27.2 Å². The molecule has 0 bridgehead atoms. The van der Waals surface area contributed by atoms with Crippen LogP contribution in [0.3, 0.4) is 0 Å². The van der Waals surface area contributed by atoms with Crippen molar-refractivity contribution >= 4 is 5.97 Å². The summed E-state index contributed by atoms with van der Waals surface area (Å²) in [5.41, 5.74) is 0.457. The fourth-order valence-corrected chi connectivity index (χ4v) is 3.94. The van der Waals surface area contributed by atoms with E-state index >= 15 is 0 Å². The molecule has 0 radical (unpaired) electrons. The van der Waals surface area contributed by atoms with Crippen molar-refractivity contribution in [3.63, 3.8) is 0 Å². The van der Waals surface area contributed by atoms with Crippen molar-refractivity contribution in [1.29, 1.82) is 0 Å². The molecular weight excluding hydrogens is 226 g/mol. The number of hydrogen-bond donors (Lipinski definition) is 2. The Hall–Kier alpha value is -0.570. The van der Waals surface area contributed by atoms with Gasteiger partial charge in [-0.25, -0.2) is 0 Å². The molecule has 1 atom stereocenters. The highest BCUT2D eigenvalue weighted by Crippen LogP contribution is 2.51. The van der Waals surface area contributed by atoms with Gasteiger partial charge < -0.3 is 10.4 Å². The van der Waals surface area contributed by atoms with E-state index in [4.69, 9.17) is 0 Å². The molecule has 1 saturated heterocycles. The average Bonchev–Trinajstić information content (AvgIpc) is 2.73. The smallest absolute Gasteiger partial charge is 0.308 e. The van der Waals surface area contributed by atoms with Gasteiger partial charge in [-0.15, -0.1) is 0 Å². The third-order valence-electron chi connectivity index (χ3n) is 5.86. The molecule has 0 aromatic heterocycles. The molecule has 1 unspecified atom stereocenters. The van der Waals surface area contributed by atoms with Crippen molar-refractivity contribution in [3.05, 3.63) is 0 Å². The van der Waals surface area contributed by atoms with Gasteiger partial charge in [-0.3, -0.25) is 4.79 Å². The van der Waals surface area contributed by atoms with Crippen LogP contribution in [0.25, 0.3) is 0 Å². The van der Waals surface area contributed by atoms with E-state index in [0.29, 0.717) is 12.0 Å². The van der Waals surface area contributed by atoms with Crippen molar-refractivity contribution in [3.8, 4) is 0 Å². The number of rotatable bonds is 3. The number of nitrogens with one attached hydrogen (secondary N) is 1. The van der Waals surface area contributed by atoms with Crippen molar-refractivity contribution in [2.24, 2.45) is 22.7 Å². The van der Waals surface area contributed by atoms with Crippen molar-refractivity contribution in [2.45, 2.75) is 52.9 Å². The number of carboxylic acids is 1. The van der Waals surface area contributed by atoms with Gasteiger partial charge in [0.1, 0.15) is 0 Å². The summed E-state index contributed by atoms with van der Waals surface area (Å²) in [6.45, 7) is 8.55. The average molecular weight is 253 g/mol. The van der Waals surface area contributed by atoms with E-state index in [1.807, 2.05) is 0 Å². The largest absolute Gasteiger partial charge is 0.481 e. The zero-order valence-electron chi connectivity index (χ0n) is 12.0. The lowest BCUT2D eigenvalue weighted by atomic mass is 9.60. The highest BCUT2D eigenvalue weighted by atomic mass is 16.4. The lowest BCUT2D eigenvalue weighted by molar-refractivity contribution is -0.146. The van der Waals surface area contributed by atoms with Gasteiger partial charge in [0.25, 0.3) is 0 Å². The van der Waals surface area contributed by atoms with Crippen LogP contribution in [0.2, 0.25) is 0 Å². The molecule has 1 saturated carbocycles. The summed E-state index contributed by atoms with van der Waals surface area (Å²) < 4.78 is 0. The normalized spacial score (nSPS) is 37.1. The molecule has 0 amide bonds. The highest BCUT2D eigenvalue weighted by molar-refractivity contribution is 5.72. The molecule has 1 heterocycles. The quantitative estimate of drug-likeness (QED) is 0.813. The first kappa shape index (κ1) is 13.9. The summed E-state index contributed by atoms with van der Waals surface area (Å²) in [7, 11) is 0. The summed E-state index contributed by atoms with van der Waals surface area (Å²) in [5.74, 6) is -0.000407. The number of hydrogen-bond acceptors (Lipinski definition) is 2. The molecule has 2 N–H and O–H groups in total. The van der Waals surface area contributed by atoms with Crippen LogP contribution in [0.15, 0.2) is 0 Å². The van der Waals surface area contributed by atoms with E-state index in [1.54, 1.807) is 0 Å². The molecular formula is C15H27NO2. The fraction of sp³-hybridized carbons (Fsp3) is 0.933. The Morgan fingerprint density at radius 2 is 2.00 bits per heavy atom. The van der Waals surface area contributed by atoms with E-state index < -0.39 is 5.97 Å². The Kier molecular flexibility index (Phi) is 3.72. The van der Waals surface area contributed by atoms with Gasteiger partial charge >= 0.3 is 5.97 Å². The Labute approximate surface area is 110 Å². The van der Waals surface area contributed by atoms with Crippen LogP contribution in [-0.2, 0) is 4.79 Å². The van der Waals surface area contributed by atoms with Gasteiger partial charge in [0, 0.05) is 13.1 Å². The molecule has 2 aliphatic rings. The molecule has 3 nitrogen and oxygen atoms in total. The Bertz CT molecular complexity index is 316. The molecule has 1 aliphatic carbocycles. The number of carboxylic acid groups (broad SMARTS) is 1. The summed E-state index contributed by atoms with van der Waals surface area (Å²) in [6.07, 6.45) is 5.79. The molecule has 104 valence electrons. The van der Waals surface area contributed by atoms with E-state index in [-0.39, 0.29) is 11.3 Å². The first-order chi connectivity index (χ1) is 8.41. The summed E-state index contributed by atoms with van der Waals surface area (Å²) >= 11 is 0. The second kappa shape index (κ2) is 4.84. The lowest BCUT2D eigenvalue weighted by Crippen LogP contribution is -2.40. The third-order valence-corrected chi connectivity index (χ3v) is 5.86. The van der Waals surface area contributed by atoms with E-state index in [1.165, 1.54) is 19.3 Å². The van der Waals surface area contributed by atoms with E-state index in [9.17, 15) is 9.90 Å². The zero-order valence-corrected chi connectivity index (χ0v) is 12.0. The molecule has 1 spiro atoms. The maximum atomic E-state index is 11.4. The van der Waals surface area contributed by atoms with Crippen LogP contribution < -0.4 is 5.32 Å². The van der Waals surface area contributed by atoms with Crippen molar-refractivity contribution < 1.29 is 9.90 Å². The molecule has 3 heteroatoms. The fourth-order valence-electron chi connectivity index (χ4n) is 3.94. The Morgan fingerprint density at radius 1 is 1.39 bits per heavy atom. The van der Waals surface area contributed by atoms with Crippen LogP contribution in [0, 0.1) is 22.7 Å². The van der Waals surface area contributed by atoms with Gasteiger partial charge in [-0.05, 0) is 42.4 Å². The summed E-state index contributed by atoms with van der Waals surface area (Å²) in [5, 5.41) is 12.7. The predicted octanol–water partition coefficient (Wildman–Crippen LogP) is 2.90. The van der Waals surface area contributed by atoms with Gasteiger partial charge in [0.15, 0.2) is 0 Å². The molecule has 0 aromatic rings. The van der Waals surface area contributed by atoms with E-state index in [2.05, 4.69) is 26.1 Å². The van der Waals surface area contributed by atoms with Crippen LogP contribution >= 0.6 is 0 Å².